The largest absolute Gasteiger partial charge is 0.338 e. The van der Waals surface area contributed by atoms with Crippen molar-refractivity contribution in [3.8, 4) is 0 Å². The molecular formula is C12H17N7OS. The number of nitrogens with zero attached hydrogens (tertiary/aromatic N) is 6. The smallest absolute Gasteiger partial charge is 0.267 e. The molecule has 9 heteroatoms. The summed E-state index contributed by atoms with van der Waals surface area (Å²) in [5, 5.41) is 10.8. The maximum absolute atomic E-state index is 12.6. The van der Waals surface area contributed by atoms with Gasteiger partial charge in [-0.3, -0.25) is 4.79 Å². The second kappa shape index (κ2) is 6.17. The summed E-state index contributed by atoms with van der Waals surface area (Å²) in [5.41, 5.74) is 0.824. The standard InChI is InChI=1S/C12H17N7OS/c1-2-3-9-10(21-17-15-9)11(20)18-4-6-19(7-5-18)12-13-8-14-16-12/h8H,2-7H2,1H3,(H,13,14,16). The SMILES string of the molecule is CCCc1nnsc1C(=O)N1CCN(c2ncn[nH]2)CC1. The van der Waals surface area contributed by atoms with Crippen LogP contribution in [0.5, 0.6) is 0 Å². The van der Waals surface area contributed by atoms with Gasteiger partial charge < -0.3 is 9.80 Å². The molecule has 1 aliphatic heterocycles. The van der Waals surface area contributed by atoms with Crippen molar-refractivity contribution in [2.45, 2.75) is 19.8 Å². The summed E-state index contributed by atoms with van der Waals surface area (Å²) in [7, 11) is 0. The fraction of sp³-hybridized carbons (Fsp3) is 0.583. The van der Waals surface area contributed by atoms with Gasteiger partial charge in [-0.15, -0.1) is 5.10 Å². The van der Waals surface area contributed by atoms with Crippen LogP contribution in [0.3, 0.4) is 0 Å². The summed E-state index contributed by atoms with van der Waals surface area (Å²) < 4.78 is 3.92. The average Bonchev–Trinajstić information content (AvgIpc) is 3.19. The Bertz CT molecular complexity index is 589. The van der Waals surface area contributed by atoms with Gasteiger partial charge in [-0.25, -0.2) is 5.10 Å². The van der Waals surface area contributed by atoms with Crippen LogP contribution in [0.15, 0.2) is 6.33 Å². The number of H-pyrrole nitrogens is 1. The Labute approximate surface area is 126 Å². The van der Waals surface area contributed by atoms with Crippen molar-refractivity contribution in [3.63, 3.8) is 0 Å². The van der Waals surface area contributed by atoms with Gasteiger partial charge >= 0.3 is 0 Å². The Balaban J connectivity index is 1.63. The summed E-state index contributed by atoms with van der Waals surface area (Å²) in [6.45, 7) is 4.91. The van der Waals surface area contributed by atoms with Gasteiger partial charge in [0.15, 0.2) is 0 Å². The highest BCUT2D eigenvalue weighted by Crippen LogP contribution is 2.17. The lowest BCUT2D eigenvalue weighted by Gasteiger charge is -2.34. The first kappa shape index (κ1) is 13.9. The van der Waals surface area contributed by atoms with Gasteiger partial charge in [-0.1, -0.05) is 17.8 Å². The number of anilines is 1. The van der Waals surface area contributed by atoms with E-state index in [2.05, 4.69) is 36.6 Å². The van der Waals surface area contributed by atoms with E-state index in [1.807, 2.05) is 4.90 Å². The molecule has 112 valence electrons. The zero-order valence-corrected chi connectivity index (χ0v) is 12.6. The van der Waals surface area contributed by atoms with E-state index >= 15 is 0 Å². The predicted octanol–water partition coefficient (Wildman–Crippen LogP) is 0.571. The number of hydrogen-bond acceptors (Lipinski definition) is 7. The molecule has 3 rings (SSSR count). The van der Waals surface area contributed by atoms with E-state index in [1.54, 1.807) is 0 Å². The highest BCUT2D eigenvalue weighted by Gasteiger charge is 2.26. The summed E-state index contributed by atoms with van der Waals surface area (Å²) >= 11 is 1.20. The number of carbonyl (C=O) groups excluding carboxylic acids is 1. The van der Waals surface area contributed by atoms with Crippen molar-refractivity contribution in [2.24, 2.45) is 0 Å². The molecule has 0 aromatic carbocycles. The van der Waals surface area contributed by atoms with Crippen molar-refractivity contribution in [3.05, 3.63) is 16.9 Å². The van der Waals surface area contributed by atoms with E-state index in [1.165, 1.54) is 17.9 Å². The maximum atomic E-state index is 12.6. The van der Waals surface area contributed by atoms with Gasteiger partial charge in [0.1, 0.15) is 11.2 Å². The Morgan fingerprint density at radius 3 is 2.86 bits per heavy atom. The average molecular weight is 307 g/mol. The number of amides is 1. The van der Waals surface area contributed by atoms with E-state index in [4.69, 9.17) is 0 Å². The van der Waals surface area contributed by atoms with Gasteiger partial charge in [0.05, 0.1) is 5.69 Å². The summed E-state index contributed by atoms with van der Waals surface area (Å²) in [6, 6.07) is 0. The van der Waals surface area contributed by atoms with Crippen molar-refractivity contribution in [2.75, 3.05) is 31.1 Å². The minimum Gasteiger partial charge on any atom is -0.338 e. The predicted molar refractivity (Wildman–Crippen MR) is 78.4 cm³/mol. The molecule has 0 saturated carbocycles. The van der Waals surface area contributed by atoms with Gasteiger partial charge in [0.25, 0.3) is 5.91 Å². The third-order valence-corrected chi connectivity index (χ3v) is 4.26. The Kier molecular flexibility index (Phi) is 4.09. The Morgan fingerprint density at radius 1 is 1.38 bits per heavy atom. The molecule has 3 heterocycles. The van der Waals surface area contributed by atoms with Gasteiger partial charge in [0.2, 0.25) is 5.95 Å². The number of aromatic nitrogens is 5. The minimum atomic E-state index is 0.0469. The molecule has 1 fully saturated rings. The fourth-order valence-electron chi connectivity index (χ4n) is 2.39. The van der Waals surface area contributed by atoms with Crippen LogP contribution in [-0.2, 0) is 6.42 Å². The van der Waals surface area contributed by atoms with E-state index in [0.29, 0.717) is 18.0 Å². The van der Waals surface area contributed by atoms with Crippen LogP contribution in [0.25, 0.3) is 0 Å². The first-order valence-electron chi connectivity index (χ1n) is 7.00. The zero-order valence-electron chi connectivity index (χ0n) is 11.8. The van der Waals surface area contributed by atoms with Gasteiger partial charge in [-0.2, -0.15) is 10.1 Å². The Hall–Kier alpha value is -2.03. The molecule has 0 aliphatic carbocycles. The topological polar surface area (TPSA) is 90.9 Å². The van der Waals surface area contributed by atoms with Crippen LogP contribution in [0.2, 0.25) is 0 Å². The third kappa shape index (κ3) is 2.87. The lowest BCUT2D eigenvalue weighted by molar-refractivity contribution is 0.0750. The molecule has 0 spiro atoms. The number of carbonyl (C=O) groups is 1. The van der Waals surface area contributed by atoms with Crippen molar-refractivity contribution in [1.29, 1.82) is 0 Å². The normalized spacial score (nSPS) is 15.5. The molecule has 8 nitrogen and oxygen atoms in total. The molecule has 21 heavy (non-hydrogen) atoms. The van der Waals surface area contributed by atoms with Crippen LogP contribution in [0.4, 0.5) is 5.95 Å². The van der Waals surface area contributed by atoms with Gasteiger partial charge in [0, 0.05) is 26.2 Å². The van der Waals surface area contributed by atoms with Crippen molar-refractivity contribution < 1.29 is 4.79 Å². The molecular weight excluding hydrogens is 290 g/mol. The molecule has 1 saturated heterocycles. The number of hydrogen-bond donors (Lipinski definition) is 1. The molecule has 2 aromatic heterocycles. The molecule has 0 atom stereocenters. The molecule has 2 aromatic rings. The molecule has 1 amide bonds. The number of aromatic amines is 1. The van der Waals surface area contributed by atoms with Crippen LogP contribution >= 0.6 is 11.5 Å². The molecule has 0 unspecified atom stereocenters. The highest BCUT2D eigenvalue weighted by atomic mass is 32.1. The van der Waals surface area contributed by atoms with Crippen LogP contribution in [-0.4, -0.2) is 61.8 Å². The minimum absolute atomic E-state index is 0.0469. The fourth-order valence-corrected chi connectivity index (χ4v) is 3.06. The van der Waals surface area contributed by atoms with Crippen molar-refractivity contribution in [1.82, 2.24) is 29.7 Å². The second-order valence-electron chi connectivity index (χ2n) is 4.89. The van der Waals surface area contributed by atoms with E-state index in [-0.39, 0.29) is 5.91 Å². The van der Waals surface area contributed by atoms with E-state index in [9.17, 15) is 4.79 Å². The Morgan fingerprint density at radius 2 is 2.19 bits per heavy atom. The third-order valence-electron chi connectivity index (χ3n) is 3.51. The number of nitrogens with one attached hydrogen (secondary N) is 1. The lowest BCUT2D eigenvalue weighted by atomic mass is 10.2. The second-order valence-corrected chi connectivity index (χ2v) is 5.64. The summed E-state index contributed by atoms with van der Waals surface area (Å²) in [6.07, 6.45) is 3.26. The highest BCUT2D eigenvalue weighted by molar-refractivity contribution is 7.08. The molecule has 0 radical (unpaired) electrons. The van der Waals surface area contributed by atoms with Crippen molar-refractivity contribution >= 4 is 23.4 Å². The summed E-state index contributed by atoms with van der Waals surface area (Å²) in [5.74, 6) is 0.805. The monoisotopic (exact) mass is 307 g/mol. The van der Waals surface area contributed by atoms with Gasteiger partial charge in [-0.05, 0) is 18.0 Å². The quantitative estimate of drug-likeness (QED) is 0.888. The molecule has 1 aliphatic rings. The van der Waals surface area contributed by atoms with E-state index < -0.39 is 0 Å². The number of piperazine rings is 1. The van der Waals surface area contributed by atoms with Crippen LogP contribution in [0.1, 0.15) is 28.7 Å². The van der Waals surface area contributed by atoms with E-state index in [0.717, 1.165) is 37.6 Å². The number of rotatable bonds is 4. The number of aryl methyl sites for hydroxylation is 1. The van der Waals surface area contributed by atoms with Crippen LogP contribution < -0.4 is 4.90 Å². The molecule has 0 bridgehead atoms. The molecule has 1 N–H and O–H groups in total. The first-order chi connectivity index (χ1) is 10.3. The maximum Gasteiger partial charge on any atom is 0.267 e. The first-order valence-corrected chi connectivity index (χ1v) is 7.77. The zero-order chi connectivity index (χ0) is 14.7. The lowest BCUT2D eigenvalue weighted by Crippen LogP contribution is -2.49. The van der Waals surface area contributed by atoms with Crippen LogP contribution in [0, 0.1) is 0 Å². The summed E-state index contributed by atoms with van der Waals surface area (Å²) in [4.78, 5) is 21.3.